The Morgan fingerprint density at radius 1 is 1.12 bits per heavy atom. The summed E-state index contributed by atoms with van der Waals surface area (Å²) in [5.74, 6) is 0.368. The second kappa shape index (κ2) is 10.6. The molecule has 0 bridgehead atoms. The summed E-state index contributed by atoms with van der Waals surface area (Å²) >= 11 is 0. The highest BCUT2D eigenvalue weighted by molar-refractivity contribution is 5.93. The van der Waals surface area contributed by atoms with Crippen molar-refractivity contribution in [2.45, 2.75) is 19.4 Å². The van der Waals surface area contributed by atoms with Crippen LogP contribution < -0.4 is 10.6 Å². The molecule has 0 aliphatic heterocycles. The highest BCUT2D eigenvalue weighted by Crippen LogP contribution is 2.24. The molecule has 0 radical (unpaired) electrons. The first-order valence-corrected chi connectivity index (χ1v) is 11.0. The number of aromatic amines is 1. The van der Waals surface area contributed by atoms with Crippen LogP contribution in [0.3, 0.4) is 0 Å². The molecule has 5 N–H and O–H groups in total. The number of H-pyrrole nitrogens is 1. The van der Waals surface area contributed by atoms with Crippen LogP contribution in [0.4, 0.5) is 5.95 Å². The molecule has 0 fully saturated rings. The number of rotatable bonds is 9. The number of benzene rings is 2. The van der Waals surface area contributed by atoms with Gasteiger partial charge in [-0.05, 0) is 42.2 Å². The molecule has 2 aromatic carbocycles. The number of aliphatic hydroxyl groups is 1. The van der Waals surface area contributed by atoms with Gasteiger partial charge >= 0.3 is 0 Å². The largest absolute Gasteiger partial charge is 0.508 e. The average molecular weight is 458 g/mol. The van der Waals surface area contributed by atoms with Crippen LogP contribution in [0.25, 0.3) is 11.3 Å². The Bertz CT molecular complexity index is 1260. The van der Waals surface area contributed by atoms with Crippen molar-refractivity contribution in [3.05, 3.63) is 95.4 Å². The van der Waals surface area contributed by atoms with Crippen LogP contribution in [-0.4, -0.2) is 44.2 Å². The number of carbonyl (C=O) groups is 1. The summed E-state index contributed by atoms with van der Waals surface area (Å²) in [6.45, 7) is 2.19. The van der Waals surface area contributed by atoms with Crippen molar-refractivity contribution in [2.24, 2.45) is 0 Å². The lowest BCUT2D eigenvalue weighted by Gasteiger charge is -2.17. The number of amides is 1. The predicted molar refractivity (Wildman–Crippen MR) is 131 cm³/mol. The zero-order valence-corrected chi connectivity index (χ0v) is 18.8. The number of nitrogens with zero attached hydrogens (tertiary/aromatic N) is 2. The number of aliphatic hydroxyl groups excluding tert-OH is 1. The Labute approximate surface area is 197 Å². The SMILES string of the molecule is Cc1cnc(N[C@H](CO)c2ccccc2)nc1-c1c[nH]c(C(=O)NCCc2ccccc2O)c1. The zero-order valence-electron chi connectivity index (χ0n) is 18.8. The fourth-order valence-corrected chi connectivity index (χ4v) is 3.67. The van der Waals surface area contributed by atoms with Crippen LogP contribution >= 0.6 is 0 Å². The lowest BCUT2D eigenvalue weighted by atomic mass is 10.1. The molecular formula is C26H27N5O3. The third kappa shape index (κ3) is 5.41. The number of hydrogen-bond acceptors (Lipinski definition) is 6. The maximum atomic E-state index is 12.6. The smallest absolute Gasteiger partial charge is 0.267 e. The summed E-state index contributed by atoms with van der Waals surface area (Å²) in [6.07, 6.45) is 3.97. The number of hydrogen-bond donors (Lipinski definition) is 5. The molecule has 0 saturated heterocycles. The maximum Gasteiger partial charge on any atom is 0.267 e. The zero-order chi connectivity index (χ0) is 23.9. The standard InChI is InChI=1S/C26H27N5O3/c1-17-14-29-26(30-22(16-32)18-7-3-2-4-8-18)31-24(17)20-13-21(28-15-20)25(34)27-12-11-19-9-5-6-10-23(19)33/h2-10,13-15,22,28,32-33H,11-12,16H2,1H3,(H,27,34)(H,29,30,31)/t22-/m1/s1. The summed E-state index contributed by atoms with van der Waals surface area (Å²) in [6, 6.07) is 18.1. The number of para-hydroxylation sites is 1. The molecule has 0 aliphatic carbocycles. The number of nitrogens with one attached hydrogen (secondary N) is 3. The number of aryl methyl sites for hydroxylation is 1. The first kappa shape index (κ1) is 23.0. The van der Waals surface area contributed by atoms with Gasteiger partial charge in [0.15, 0.2) is 0 Å². The van der Waals surface area contributed by atoms with Crippen LogP contribution in [-0.2, 0) is 6.42 Å². The van der Waals surface area contributed by atoms with E-state index in [1.165, 1.54) is 0 Å². The monoisotopic (exact) mass is 457 g/mol. The average Bonchev–Trinajstić information content (AvgIpc) is 3.35. The Morgan fingerprint density at radius 3 is 2.65 bits per heavy atom. The molecule has 2 heterocycles. The molecule has 4 rings (SSSR count). The molecule has 0 spiro atoms. The van der Waals surface area contributed by atoms with Crippen molar-refractivity contribution in [2.75, 3.05) is 18.5 Å². The van der Waals surface area contributed by atoms with Gasteiger partial charge in [-0.15, -0.1) is 0 Å². The molecule has 174 valence electrons. The van der Waals surface area contributed by atoms with Gasteiger partial charge in [0.2, 0.25) is 5.95 Å². The number of phenolic OH excluding ortho intramolecular Hbond substituents is 1. The van der Waals surface area contributed by atoms with E-state index in [0.717, 1.165) is 22.3 Å². The van der Waals surface area contributed by atoms with E-state index in [1.807, 2.05) is 49.4 Å². The third-order valence-corrected chi connectivity index (χ3v) is 5.53. The molecule has 0 unspecified atom stereocenters. The number of carbonyl (C=O) groups excluding carboxylic acids is 1. The van der Waals surface area contributed by atoms with Gasteiger partial charge in [0.25, 0.3) is 5.91 Å². The van der Waals surface area contributed by atoms with Gasteiger partial charge in [0, 0.05) is 24.5 Å². The van der Waals surface area contributed by atoms with Gasteiger partial charge in [-0.1, -0.05) is 48.5 Å². The van der Waals surface area contributed by atoms with E-state index in [2.05, 4.69) is 25.6 Å². The highest BCUT2D eigenvalue weighted by atomic mass is 16.3. The Hall–Kier alpha value is -4.17. The Kier molecular flexibility index (Phi) is 7.19. The van der Waals surface area contributed by atoms with Crippen LogP contribution in [0.1, 0.15) is 33.2 Å². The molecular weight excluding hydrogens is 430 g/mol. The minimum atomic E-state index is -0.339. The van der Waals surface area contributed by atoms with Gasteiger partial charge in [-0.2, -0.15) is 0 Å². The number of aromatic hydroxyl groups is 1. The van der Waals surface area contributed by atoms with E-state index in [0.29, 0.717) is 30.3 Å². The van der Waals surface area contributed by atoms with E-state index >= 15 is 0 Å². The van der Waals surface area contributed by atoms with Gasteiger partial charge in [0.05, 0.1) is 18.3 Å². The van der Waals surface area contributed by atoms with Gasteiger partial charge in [0.1, 0.15) is 11.4 Å². The van der Waals surface area contributed by atoms with Gasteiger partial charge < -0.3 is 25.8 Å². The van der Waals surface area contributed by atoms with E-state index in [9.17, 15) is 15.0 Å². The van der Waals surface area contributed by atoms with E-state index in [-0.39, 0.29) is 24.3 Å². The fraction of sp³-hybridized carbons (Fsp3) is 0.192. The minimum absolute atomic E-state index is 0.105. The van der Waals surface area contributed by atoms with Crippen LogP contribution in [0.5, 0.6) is 5.75 Å². The molecule has 34 heavy (non-hydrogen) atoms. The summed E-state index contributed by atoms with van der Waals surface area (Å²) in [5, 5.41) is 25.7. The van der Waals surface area contributed by atoms with Crippen molar-refractivity contribution in [3.8, 4) is 17.0 Å². The van der Waals surface area contributed by atoms with E-state index in [1.54, 1.807) is 30.6 Å². The molecule has 4 aromatic rings. The van der Waals surface area contributed by atoms with E-state index < -0.39 is 0 Å². The van der Waals surface area contributed by atoms with Gasteiger partial charge in [-0.3, -0.25) is 4.79 Å². The molecule has 0 aliphatic rings. The van der Waals surface area contributed by atoms with E-state index in [4.69, 9.17) is 0 Å². The Balaban J connectivity index is 1.44. The highest BCUT2D eigenvalue weighted by Gasteiger charge is 2.15. The van der Waals surface area contributed by atoms with Crippen molar-refractivity contribution in [3.63, 3.8) is 0 Å². The second-order valence-electron chi connectivity index (χ2n) is 7.95. The molecule has 2 aromatic heterocycles. The maximum absolute atomic E-state index is 12.6. The Morgan fingerprint density at radius 2 is 1.88 bits per heavy atom. The van der Waals surface area contributed by atoms with Crippen LogP contribution in [0.2, 0.25) is 0 Å². The predicted octanol–water partition coefficient (Wildman–Crippen LogP) is 3.60. The third-order valence-electron chi connectivity index (χ3n) is 5.53. The number of aromatic nitrogens is 3. The topological polar surface area (TPSA) is 123 Å². The van der Waals surface area contributed by atoms with Crippen molar-refractivity contribution >= 4 is 11.9 Å². The molecule has 8 nitrogen and oxygen atoms in total. The summed E-state index contributed by atoms with van der Waals surface area (Å²) in [5.41, 5.74) is 4.43. The number of anilines is 1. The van der Waals surface area contributed by atoms with Crippen LogP contribution in [0, 0.1) is 6.92 Å². The first-order valence-electron chi connectivity index (χ1n) is 11.0. The minimum Gasteiger partial charge on any atom is -0.508 e. The quantitative estimate of drug-likeness (QED) is 0.262. The lowest BCUT2D eigenvalue weighted by Crippen LogP contribution is -2.25. The molecule has 1 atom stereocenters. The second-order valence-corrected chi connectivity index (χ2v) is 7.95. The first-order chi connectivity index (χ1) is 16.5. The van der Waals surface area contributed by atoms with Crippen molar-refractivity contribution in [1.29, 1.82) is 0 Å². The summed E-state index contributed by atoms with van der Waals surface area (Å²) < 4.78 is 0. The molecule has 0 saturated carbocycles. The fourth-order valence-electron chi connectivity index (χ4n) is 3.67. The van der Waals surface area contributed by atoms with Crippen molar-refractivity contribution in [1.82, 2.24) is 20.3 Å². The number of phenols is 1. The van der Waals surface area contributed by atoms with Crippen molar-refractivity contribution < 1.29 is 15.0 Å². The van der Waals surface area contributed by atoms with Gasteiger partial charge in [-0.25, -0.2) is 9.97 Å². The molecule has 8 heteroatoms. The lowest BCUT2D eigenvalue weighted by molar-refractivity contribution is 0.0949. The normalized spacial score (nSPS) is 11.7. The summed E-state index contributed by atoms with van der Waals surface area (Å²) in [4.78, 5) is 24.6. The molecule has 1 amide bonds. The van der Waals surface area contributed by atoms with Crippen LogP contribution in [0.15, 0.2) is 73.1 Å². The summed E-state index contributed by atoms with van der Waals surface area (Å²) in [7, 11) is 0.